The van der Waals surface area contributed by atoms with E-state index in [1.54, 1.807) is 38.2 Å². The molecule has 3 aromatic rings. The number of anilines is 1. The van der Waals surface area contributed by atoms with Gasteiger partial charge in [0.05, 0.1) is 27.9 Å². The molecule has 188 valence electrons. The summed E-state index contributed by atoms with van der Waals surface area (Å²) >= 11 is 0. The molecule has 2 aromatic carbocycles. The van der Waals surface area contributed by atoms with Crippen LogP contribution in [0.5, 0.6) is 0 Å². The number of ether oxygens (including phenoxy) is 1. The number of carboxylic acid groups (broad SMARTS) is 1. The van der Waals surface area contributed by atoms with E-state index >= 15 is 0 Å². The molecule has 1 aliphatic rings. The summed E-state index contributed by atoms with van der Waals surface area (Å²) in [6, 6.07) is 8.22. The SMILES string of the molecule is Cc1c(C(=O)O)ccc(N(CC(C)C)S(=O)(=O)c2ccc3c(cnn3CC3CCOCC3)c2)c1C. The van der Waals surface area contributed by atoms with Crippen molar-refractivity contribution in [2.75, 3.05) is 24.1 Å². The van der Waals surface area contributed by atoms with Crippen LogP contribution in [0.1, 0.15) is 48.2 Å². The van der Waals surface area contributed by atoms with Gasteiger partial charge < -0.3 is 9.84 Å². The molecule has 35 heavy (non-hydrogen) atoms. The van der Waals surface area contributed by atoms with Crippen LogP contribution >= 0.6 is 0 Å². The Labute approximate surface area is 206 Å². The van der Waals surface area contributed by atoms with Crippen molar-refractivity contribution in [3.8, 4) is 0 Å². The second kappa shape index (κ2) is 9.99. The van der Waals surface area contributed by atoms with Gasteiger partial charge in [0.1, 0.15) is 0 Å². The lowest BCUT2D eigenvalue weighted by atomic mass is 10.0. The summed E-state index contributed by atoms with van der Waals surface area (Å²) in [5.74, 6) is -0.468. The highest BCUT2D eigenvalue weighted by Crippen LogP contribution is 2.32. The van der Waals surface area contributed by atoms with Gasteiger partial charge in [-0.1, -0.05) is 13.8 Å². The number of hydrogen-bond acceptors (Lipinski definition) is 5. The molecule has 0 bridgehead atoms. The van der Waals surface area contributed by atoms with Crippen molar-refractivity contribution >= 4 is 32.6 Å². The molecule has 1 saturated heterocycles. The lowest BCUT2D eigenvalue weighted by Crippen LogP contribution is -2.35. The van der Waals surface area contributed by atoms with E-state index in [9.17, 15) is 18.3 Å². The smallest absolute Gasteiger partial charge is 0.335 e. The summed E-state index contributed by atoms with van der Waals surface area (Å²) in [4.78, 5) is 11.7. The molecule has 1 fully saturated rings. The van der Waals surface area contributed by atoms with Crippen LogP contribution in [0.2, 0.25) is 0 Å². The topological polar surface area (TPSA) is 102 Å². The first kappa shape index (κ1) is 25.2. The zero-order chi connectivity index (χ0) is 25.3. The summed E-state index contributed by atoms with van der Waals surface area (Å²) in [6.07, 6.45) is 3.71. The highest BCUT2D eigenvalue weighted by molar-refractivity contribution is 7.92. The number of carbonyl (C=O) groups is 1. The Kier molecular flexibility index (Phi) is 7.19. The Balaban J connectivity index is 1.71. The van der Waals surface area contributed by atoms with Gasteiger partial charge in [-0.25, -0.2) is 13.2 Å². The zero-order valence-electron chi connectivity index (χ0n) is 20.7. The van der Waals surface area contributed by atoms with E-state index in [1.807, 2.05) is 24.6 Å². The minimum absolute atomic E-state index is 0.0644. The summed E-state index contributed by atoms with van der Waals surface area (Å²) in [5, 5.41) is 14.8. The third kappa shape index (κ3) is 5.06. The first-order chi connectivity index (χ1) is 16.6. The van der Waals surface area contributed by atoms with Crippen molar-refractivity contribution in [2.24, 2.45) is 11.8 Å². The summed E-state index contributed by atoms with van der Waals surface area (Å²) in [5.41, 5.74) is 2.77. The largest absolute Gasteiger partial charge is 0.478 e. The fourth-order valence-electron chi connectivity index (χ4n) is 4.64. The number of carboxylic acids is 1. The van der Waals surface area contributed by atoms with E-state index in [0.717, 1.165) is 43.5 Å². The number of nitrogens with zero attached hydrogens (tertiary/aromatic N) is 3. The summed E-state index contributed by atoms with van der Waals surface area (Å²) in [7, 11) is -3.90. The summed E-state index contributed by atoms with van der Waals surface area (Å²) < 4.78 is 36.6. The number of fused-ring (bicyclic) bond motifs is 1. The van der Waals surface area contributed by atoms with Crippen LogP contribution in [0.4, 0.5) is 5.69 Å². The van der Waals surface area contributed by atoms with Gasteiger partial charge in [0.25, 0.3) is 10.0 Å². The van der Waals surface area contributed by atoms with Crippen LogP contribution in [0.15, 0.2) is 41.4 Å². The second-order valence-corrected chi connectivity index (χ2v) is 11.6. The van der Waals surface area contributed by atoms with Crippen molar-refractivity contribution in [1.29, 1.82) is 0 Å². The molecule has 0 radical (unpaired) electrons. The van der Waals surface area contributed by atoms with Crippen LogP contribution in [0.3, 0.4) is 0 Å². The van der Waals surface area contributed by atoms with E-state index in [1.165, 1.54) is 10.4 Å². The molecule has 4 rings (SSSR count). The van der Waals surface area contributed by atoms with Gasteiger partial charge in [-0.15, -0.1) is 0 Å². The van der Waals surface area contributed by atoms with Gasteiger partial charge in [0.2, 0.25) is 0 Å². The Morgan fingerprint density at radius 1 is 1.17 bits per heavy atom. The number of benzene rings is 2. The number of sulfonamides is 1. The molecule has 0 spiro atoms. The average molecular weight is 500 g/mol. The molecule has 0 unspecified atom stereocenters. The van der Waals surface area contributed by atoms with Crippen molar-refractivity contribution < 1.29 is 23.1 Å². The lowest BCUT2D eigenvalue weighted by Gasteiger charge is -2.28. The maximum Gasteiger partial charge on any atom is 0.335 e. The summed E-state index contributed by atoms with van der Waals surface area (Å²) in [6.45, 7) is 9.99. The van der Waals surface area contributed by atoms with Crippen LogP contribution < -0.4 is 4.31 Å². The first-order valence-electron chi connectivity index (χ1n) is 12.0. The van der Waals surface area contributed by atoms with Crippen LogP contribution in [0, 0.1) is 25.7 Å². The van der Waals surface area contributed by atoms with E-state index in [4.69, 9.17) is 4.74 Å². The van der Waals surface area contributed by atoms with Crippen molar-refractivity contribution in [3.05, 3.63) is 53.2 Å². The Bertz CT molecular complexity index is 1340. The number of rotatable bonds is 8. The van der Waals surface area contributed by atoms with Crippen molar-refractivity contribution in [2.45, 2.75) is 52.0 Å². The van der Waals surface area contributed by atoms with Gasteiger partial charge in [-0.3, -0.25) is 8.99 Å². The molecule has 2 heterocycles. The lowest BCUT2D eigenvalue weighted by molar-refractivity contribution is 0.0605. The highest BCUT2D eigenvalue weighted by atomic mass is 32.2. The molecule has 0 saturated carbocycles. The Morgan fingerprint density at radius 3 is 2.54 bits per heavy atom. The Hall–Kier alpha value is -2.91. The van der Waals surface area contributed by atoms with Crippen molar-refractivity contribution in [1.82, 2.24) is 9.78 Å². The van der Waals surface area contributed by atoms with Crippen LogP contribution in [-0.4, -0.2) is 49.0 Å². The fraction of sp³-hybridized carbons (Fsp3) is 0.462. The van der Waals surface area contributed by atoms with Gasteiger partial charge in [0.15, 0.2) is 0 Å². The monoisotopic (exact) mass is 499 g/mol. The van der Waals surface area contributed by atoms with E-state index < -0.39 is 16.0 Å². The number of aromatic nitrogens is 2. The standard InChI is InChI=1S/C26H33N3O5S/c1-17(2)15-29(24-8-6-23(26(30)31)18(3)19(24)4)35(32,33)22-5-7-25-21(13-22)14-27-28(25)16-20-9-11-34-12-10-20/h5-8,13-14,17,20H,9-12,15-16H2,1-4H3,(H,30,31). The molecule has 1 N–H and O–H groups in total. The van der Waals surface area contributed by atoms with Crippen LogP contribution in [0.25, 0.3) is 10.9 Å². The fourth-order valence-corrected chi connectivity index (χ4v) is 6.36. The predicted molar refractivity (Wildman–Crippen MR) is 136 cm³/mol. The number of aromatic carboxylic acids is 1. The maximum atomic E-state index is 13.9. The minimum atomic E-state index is -3.90. The minimum Gasteiger partial charge on any atom is -0.478 e. The molecule has 0 aliphatic carbocycles. The highest BCUT2D eigenvalue weighted by Gasteiger charge is 2.29. The van der Waals surface area contributed by atoms with E-state index in [0.29, 0.717) is 22.7 Å². The third-order valence-electron chi connectivity index (χ3n) is 6.76. The van der Waals surface area contributed by atoms with Gasteiger partial charge >= 0.3 is 5.97 Å². The molecular formula is C26H33N3O5S. The molecule has 1 aliphatic heterocycles. The molecule has 0 atom stereocenters. The Morgan fingerprint density at radius 2 is 1.89 bits per heavy atom. The normalized spacial score (nSPS) is 15.1. The zero-order valence-corrected chi connectivity index (χ0v) is 21.5. The molecule has 1 aromatic heterocycles. The maximum absolute atomic E-state index is 13.9. The third-order valence-corrected chi connectivity index (χ3v) is 8.54. The first-order valence-corrected chi connectivity index (χ1v) is 13.4. The van der Waals surface area contributed by atoms with Gasteiger partial charge in [-0.05, 0) is 80.0 Å². The van der Waals surface area contributed by atoms with Crippen LogP contribution in [-0.2, 0) is 21.3 Å². The predicted octanol–water partition coefficient (Wildman–Crippen LogP) is 4.63. The second-order valence-electron chi connectivity index (χ2n) is 9.72. The molecule has 9 heteroatoms. The van der Waals surface area contributed by atoms with E-state index in [2.05, 4.69) is 5.10 Å². The molecule has 0 amide bonds. The van der Waals surface area contributed by atoms with E-state index in [-0.39, 0.29) is 22.9 Å². The van der Waals surface area contributed by atoms with Crippen molar-refractivity contribution in [3.63, 3.8) is 0 Å². The van der Waals surface area contributed by atoms with Gasteiger partial charge in [-0.2, -0.15) is 5.10 Å². The molecule has 8 nitrogen and oxygen atoms in total. The quantitative estimate of drug-likeness (QED) is 0.485. The molecular weight excluding hydrogens is 466 g/mol. The average Bonchev–Trinajstić information content (AvgIpc) is 3.21. The number of hydrogen-bond donors (Lipinski definition) is 1. The van der Waals surface area contributed by atoms with Gasteiger partial charge in [0, 0.05) is 31.7 Å².